The Labute approximate surface area is 158 Å². The van der Waals surface area contributed by atoms with Gasteiger partial charge >= 0.3 is 5.69 Å². The van der Waals surface area contributed by atoms with Gasteiger partial charge < -0.3 is 5.32 Å². The van der Waals surface area contributed by atoms with Crippen molar-refractivity contribution >= 4 is 44.7 Å². The van der Waals surface area contributed by atoms with E-state index in [1.807, 2.05) is 19.9 Å². The molecule has 0 fully saturated rings. The third-order valence-electron chi connectivity index (χ3n) is 4.07. The van der Waals surface area contributed by atoms with E-state index in [0.717, 1.165) is 5.56 Å². The molecule has 3 aromatic rings. The monoisotopic (exact) mass is 391 g/mol. The summed E-state index contributed by atoms with van der Waals surface area (Å²) in [6.07, 6.45) is 0.650. The molecule has 0 aliphatic carbocycles. The molecule has 1 amide bonds. The minimum atomic E-state index is -0.478. The molecule has 0 bridgehead atoms. The number of fused-ring (bicyclic) bond motifs is 1. The molecule has 0 aliphatic heterocycles. The number of halogens is 1. The van der Waals surface area contributed by atoms with Gasteiger partial charge in [0.2, 0.25) is 5.91 Å². The maximum absolute atomic E-state index is 12.7. The first-order valence-corrected chi connectivity index (χ1v) is 9.45. The quantitative estimate of drug-likeness (QED) is 0.725. The normalized spacial score (nSPS) is 11.0. The number of amides is 1. The van der Waals surface area contributed by atoms with Crippen molar-refractivity contribution in [3.63, 3.8) is 0 Å². The van der Waals surface area contributed by atoms with E-state index in [0.29, 0.717) is 33.9 Å². The molecule has 0 unspecified atom stereocenters. The predicted molar refractivity (Wildman–Crippen MR) is 105 cm³/mol. The zero-order valence-electron chi connectivity index (χ0n) is 14.4. The molecule has 136 valence electrons. The van der Waals surface area contributed by atoms with Crippen molar-refractivity contribution in [1.82, 2.24) is 9.13 Å². The minimum absolute atomic E-state index is 0.194. The molecule has 0 aliphatic rings. The molecule has 0 saturated heterocycles. The lowest BCUT2D eigenvalue weighted by Crippen LogP contribution is -2.41. The molecular formula is C18H18ClN3O3S. The summed E-state index contributed by atoms with van der Waals surface area (Å²) in [4.78, 5) is 37.7. The van der Waals surface area contributed by atoms with E-state index in [4.69, 9.17) is 11.6 Å². The SMILES string of the molecule is CCCn1c(=O)c2sccc2n(CC(=O)Nc2c(C)cccc2Cl)c1=O. The van der Waals surface area contributed by atoms with Gasteiger partial charge in [0.15, 0.2) is 0 Å². The van der Waals surface area contributed by atoms with Crippen LogP contribution in [0.4, 0.5) is 5.69 Å². The summed E-state index contributed by atoms with van der Waals surface area (Å²) >= 11 is 7.41. The highest BCUT2D eigenvalue weighted by molar-refractivity contribution is 7.17. The fourth-order valence-electron chi connectivity index (χ4n) is 2.82. The van der Waals surface area contributed by atoms with E-state index in [1.54, 1.807) is 23.6 Å². The van der Waals surface area contributed by atoms with Crippen LogP contribution in [0.15, 0.2) is 39.2 Å². The van der Waals surface area contributed by atoms with Crippen LogP contribution in [-0.2, 0) is 17.9 Å². The van der Waals surface area contributed by atoms with Crippen LogP contribution >= 0.6 is 22.9 Å². The largest absolute Gasteiger partial charge is 0.332 e. The number of benzene rings is 1. The zero-order valence-corrected chi connectivity index (χ0v) is 16.0. The van der Waals surface area contributed by atoms with E-state index in [-0.39, 0.29) is 18.0 Å². The van der Waals surface area contributed by atoms with Crippen LogP contribution in [0.5, 0.6) is 0 Å². The van der Waals surface area contributed by atoms with Gasteiger partial charge in [-0.25, -0.2) is 4.79 Å². The van der Waals surface area contributed by atoms with Crippen molar-refractivity contribution < 1.29 is 4.79 Å². The van der Waals surface area contributed by atoms with Gasteiger partial charge in [-0.05, 0) is 36.4 Å². The molecule has 3 rings (SSSR count). The number of aromatic nitrogens is 2. The van der Waals surface area contributed by atoms with Crippen LogP contribution in [-0.4, -0.2) is 15.0 Å². The number of rotatable bonds is 5. The Morgan fingerprint density at radius 1 is 1.23 bits per heavy atom. The summed E-state index contributed by atoms with van der Waals surface area (Å²) in [5, 5.41) is 4.94. The number of hydrogen-bond donors (Lipinski definition) is 1. The summed E-state index contributed by atoms with van der Waals surface area (Å²) in [6, 6.07) is 7.02. The molecule has 2 heterocycles. The van der Waals surface area contributed by atoms with Crippen LogP contribution in [0.25, 0.3) is 10.2 Å². The summed E-state index contributed by atoms with van der Waals surface area (Å²) in [5.41, 5.74) is 1.04. The lowest BCUT2D eigenvalue weighted by molar-refractivity contribution is -0.116. The molecule has 26 heavy (non-hydrogen) atoms. The number of aryl methyl sites for hydroxylation is 1. The van der Waals surface area contributed by atoms with Crippen LogP contribution in [0.1, 0.15) is 18.9 Å². The fourth-order valence-corrected chi connectivity index (χ4v) is 3.93. The predicted octanol–water partition coefficient (Wildman–Crippen LogP) is 3.24. The molecule has 0 radical (unpaired) electrons. The second-order valence-electron chi connectivity index (χ2n) is 5.94. The summed E-state index contributed by atoms with van der Waals surface area (Å²) in [6.45, 7) is 3.85. The van der Waals surface area contributed by atoms with Crippen molar-refractivity contribution in [3.8, 4) is 0 Å². The van der Waals surface area contributed by atoms with Gasteiger partial charge in [0.05, 0.1) is 16.2 Å². The highest BCUT2D eigenvalue weighted by Gasteiger charge is 2.17. The Morgan fingerprint density at radius 2 is 2.00 bits per heavy atom. The second-order valence-corrected chi connectivity index (χ2v) is 7.26. The fraction of sp³-hybridized carbons (Fsp3) is 0.278. The zero-order chi connectivity index (χ0) is 18.8. The van der Waals surface area contributed by atoms with E-state index < -0.39 is 5.69 Å². The van der Waals surface area contributed by atoms with Gasteiger partial charge in [0.25, 0.3) is 5.56 Å². The Morgan fingerprint density at radius 3 is 2.69 bits per heavy atom. The van der Waals surface area contributed by atoms with E-state index >= 15 is 0 Å². The third-order valence-corrected chi connectivity index (χ3v) is 5.28. The van der Waals surface area contributed by atoms with E-state index in [9.17, 15) is 14.4 Å². The number of hydrogen-bond acceptors (Lipinski definition) is 4. The maximum Gasteiger partial charge on any atom is 0.332 e. The smallest absolute Gasteiger partial charge is 0.323 e. The third kappa shape index (κ3) is 3.32. The Bertz CT molecular complexity index is 1080. The van der Waals surface area contributed by atoms with Crippen LogP contribution in [0.2, 0.25) is 5.02 Å². The van der Waals surface area contributed by atoms with Gasteiger partial charge in [-0.3, -0.25) is 18.7 Å². The first kappa shape index (κ1) is 18.4. The highest BCUT2D eigenvalue weighted by atomic mass is 35.5. The van der Waals surface area contributed by atoms with Crippen molar-refractivity contribution in [2.45, 2.75) is 33.4 Å². The number of thiophene rings is 1. The van der Waals surface area contributed by atoms with E-state index in [2.05, 4.69) is 5.32 Å². The highest BCUT2D eigenvalue weighted by Crippen LogP contribution is 2.25. The lowest BCUT2D eigenvalue weighted by Gasteiger charge is -2.13. The molecule has 0 atom stereocenters. The Balaban J connectivity index is 2.01. The van der Waals surface area contributed by atoms with Gasteiger partial charge in [0, 0.05) is 6.54 Å². The molecule has 8 heteroatoms. The molecule has 1 N–H and O–H groups in total. The lowest BCUT2D eigenvalue weighted by atomic mass is 10.2. The average molecular weight is 392 g/mol. The van der Waals surface area contributed by atoms with Gasteiger partial charge in [-0.15, -0.1) is 11.3 Å². The Kier molecular flexibility index (Phi) is 5.29. The number of carbonyl (C=O) groups excluding carboxylic acids is 1. The van der Waals surface area contributed by atoms with Crippen molar-refractivity contribution in [1.29, 1.82) is 0 Å². The first-order valence-electron chi connectivity index (χ1n) is 8.19. The molecule has 0 saturated carbocycles. The van der Waals surface area contributed by atoms with Gasteiger partial charge in [-0.2, -0.15) is 0 Å². The molecular weight excluding hydrogens is 374 g/mol. The topological polar surface area (TPSA) is 73.1 Å². The molecule has 2 aromatic heterocycles. The van der Waals surface area contributed by atoms with Crippen LogP contribution in [0.3, 0.4) is 0 Å². The summed E-state index contributed by atoms with van der Waals surface area (Å²) < 4.78 is 3.00. The Hall–Kier alpha value is -2.38. The number of carbonyl (C=O) groups is 1. The van der Waals surface area contributed by atoms with Crippen LogP contribution < -0.4 is 16.6 Å². The number of para-hydroxylation sites is 1. The maximum atomic E-state index is 12.7. The van der Waals surface area contributed by atoms with E-state index in [1.165, 1.54) is 20.5 Å². The molecule has 1 aromatic carbocycles. The molecule has 6 nitrogen and oxygen atoms in total. The second kappa shape index (κ2) is 7.47. The average Bonchev–Trinajstić information content (AvgIpc) is 3.09. The van der Waals surface area contributed by atoms with Gasteiger partial charge in [0.1, 0.15) is 11.2 Å². The van der Waals surface area contributed by atoms with Gasteiger partial charge in [-0.1, -0.05) is 30.7 Å². The van der Waals surface area contributed by atoms with Crippen molar-refractivity contribution in [2.75, 3.05) is 5.32 Å². The van der Waals surface area contributed by atoms with Crippen molar-refractivity contribution in [3.05, 3.63) is 61.1 Å². The van der Waals surface area contributed by atoms with Crippen LogP contribution in [0, 0.1) is 6.92 Å². The van der Waals surface area contributed by atoms with Crippen molar-refractivity contribution in [2.24, 2.45) is 0 Å². The standard InChI is InChI=1S/C18H18ClN3O3S/c1-3-8-21-17(24)16-13(7-9-26-16)22(18(21)25)10-14(23)20-15-11(2)5-4-6-12(15)19/h4-7,9H,3,8,10H2,1-2H3,(H,20,23). The first-order chi connectivity index (χ1) is 12.4. The minimum Gasteiger partial charge on any atom is -0.323 e. The number of nitrogens with zero attached hydrogens (tertiary/aromatic N) is 2. The summed E-state index contributed by atoms with van der Waals surface area (Å²) in [7, 11) is 0. The number of anilines is 1. The number of nitrogens with one attached hydrogen (secondary N) is 1. The molecule has 0 spiro atoms. The summed E-state index contributed by atoms with van der Waals surface area (Å²) in [5.74, 6) is -0.377.